The van der Waals surface area contributed by atoms with Crippen LogP contribution in [0.15, 0.2) is 0 Å². The molecular formula is C8H14O4. The number of carbonyl (C=O) groups excluding carboxylic acids is 1. The molecule has 0 aromatic rings. The van der Waals surface area contributed by atoms with Crippen LogP contribution in [-0.4, -0.2) is 23.1 Å². The number of aliphatic carboxylic acids is 1. The van der Waals surface area contributed by atoms with Gasteiger partial charge in [-0.05, 0) is 13.3 Å². The number of carbonyl (C=O) groups is 2. The largest absolute Gasteiger partial charge is 0.481 e. The molecular weight excluding hydrogens is 160 g/mol. The van der Waals surface area contributed by atoms with Crippen LogP contribution < -0.4 is 0 Å². The molecule has 0 spiro atoms. The SMILES string of the molecule is CCC(C)OC(=O)CCC(=O)O. The Morgan fingerprint density at radius 2 is 2.00 bits per heavy atom. The van der Waals surface area contributed by atoms with Gasteiger partial charge in [0, 0.05) is 0 Å². The van der Waals surface area contributed by atoms with Gasteiger partial charge in [0.05, 0.1) is 18.9 Å². The van der Waals surface area contributed by atoms with Gasteiger partial charge in [-0.3, -0.25) is 9.59 Å². The van der Waals surface area contributed by atoms with Crippen LogP contribution in [0.1, 0.15) is 33.1 Å². The van der Waals surface area contributed by atoms with Gasteiger partial charge in [0.15, 0.2) is 0 Å². The fourth-order valence-corrected chi connectivity index (χ4v) is 0.576. The molecule has 12 heavy (non-hydrogen) atoms. The van der Waals surface area contributed by atoms with Gasteiger partial charge in [-0.2, -0.15) is 0 Å². The Kier molecular flexibility index (Phi) is 5.08. The molecule has 0 aliphatic heterocycles. The maximum absolute atomic E-state index is 10.8. The monoisotopic (exact) mass is 174 g/mol. The van der Waals surface area contributed by atoms with Crippen LogP contribution in [0.3, 0.4) is 0 Å². The zero-order chi connectivity index (χ0) is 9.56. The molecule has 0 heterocycles. The summed E-state index contributed by atoms with van der Waals surface area (Å²) in [6, 6.07) is 0. The average molecular weight is 174 g/mol. The lowest BCUT2D eigenvalue weighted by molar-refractivity contribution is -0.151. The highest BCUT2D eigenvalue weighted by molar-refractivity contribution is 5.76. The predicted octanol–water partition coefficient (Wildman–Crippen LogP) is 1.19. The summed E-state index contributed by atoms with van der Waals surface area (Å²) in [5.74, 6) is -1.41. The smallest absolute Gasteiger partial charge is 0.306 e. The maximum Gasteiger partial charge on any atom is 0.306 e. The molecule has 0 saturated carbocycles. The highest BCUT2D eigenvalue weighted by atomic mass is 16.5. The van der Waals surface area contributed by atoms with E-state index in [1.165, 1.54) is 0 Å². The number of rotatable bonds is 5. The lowest BCUT2D eigenvalue weighted by Gasteiger charge is -2.09. The Morgan fingerprint density at radius 3 is 2.42 bits per heavy atom. The molecule has 1 atom stereocenters. The second kappa shape index (κ2) is 5.57. The van der Waals surface area contributed by atoms with Crippen molar-refractivity contribution in [2.45, 2.75) is 39.2 Å². The van der Waals surface area contributed by atoms with Gasteiger partial charge in [0.25, 0.3) is 0 Å². The first-order valence-corrected chi connectivity index (χ1v) is 3.97. The Labute approximate surface area is 71.5 Å². The van der Waals surface area contributed by atoms with E-state index in [1.807, 2.05) is 6.92 Å². The van der Waals surface area contributed by atoms with Crippen molar-refractivity contribution < 1.29 is 19.4 Å². The lowest BCUT2D eigenvalue weighted by Crippen LogP contribution is -2.14. The molecule has 0 rings (SSSR count). The minimum Gasteiger partial charge on any atom is -0.481 e. The van der Waals surface area contributed by atoms with Crippen molar-refractivity contribution in [3.05, 3.63) is 0 Å². The summed E-state index contributed by atoms with van der Waals surface area (Å²) in [4.78, 5) is 20.9. The molecule has 0 fully saturated rings. The van der Waals surface area contributed by atoms with Crippen LogP contribution >= 0.6 is 0 Å². The summed E-state index contributed by atoms with van der Waals surface area (Å²) in [5, 5.41) is 8.25. The van der Waals surface area contributed by atoms with Gasteiger partial charge < -0.3 is 9.84 Å². The first-order valence-electron chi connectivity index (χ1n) is 3.97. The number of esters is 1. The number of carboxylic acid groups (broad SMARTS) is 1. The zero-order valence-corrected chi connectivity index (χ0v) is 7.37. The van der Waals surface area contributed by atoms with E-state index >= 15 is 0 Å². The van der Waals surface area contributed by atoms with E-state index in [4.69, 9.17) is 9.84 Å². The molecule has 0 aliphatic carbocycles. The van der Waals surface area contributed by atoms with Crippen LogP contribution in [0.5, 0.6) is 0 Å². The molecule has 4 heteroatoms. The van der Waals surface area contributed by atoms with E-state index in [2.05, 4.69) is 0 Å². The summed E-state index contributed by atoms with van der Waals surface area (Å²) >= 11 is 0. The van der Waals surface area contributed by atoms with Crippen LogP contribution in [0.4, 0.5) is 0 Å². The molecule has 0 amide bonds. The summed E-state index contributed by atoms with van der Waals surface area (Å²) in [7, 11) is 0. The van der Waals surface area contributed by atoms with Crippen LogP contribution in [0.25, 0.3) is 0 Å². The number of hydrogen-bond acceptors (Lipinski definition) is 3. The lowest BCUT2D eigenvalue weighted by atomic mass is 10.3. The minimum absolute atomic E-state index is 0.0420. The Balaban J connectivity index is 3.53. The summed E-state index contributed by atoms with van der Waals surface area (Å²) < 4.78 is 4.85. The average Bonchev–Trinajstić information content (AvgIpc) is 2.00. The van der Waals surface area contributed by atoms with Crippen molar-refractivity contribution in [1.82, 2.24) is 0 Å². The molecule has 70 valence electrons. The molecule has 0 radical (unpaired) electrons. The van der Waals surface area contributed by atoms with Crippen LogP contribution in [0, 0.1) is 0 Å². The van der Waals surface area contributed by atoms with E-state index in [1.54, 1.807) is 6.92 Å². The van der Waals surface area contributed by atoms with Crippen LogP contribution in [-0.2, 0) is 14.3 Å². The maximum atomic E-state index is 10.8. The first kappa shape index (κ1) is 10.9. The van der Waals surface area contributed by atoms with Gasteiger partial charge in [0.2, 0.25) is 0 Å². The van der Waals surface area contributed by atoms with Crippen molar-refractivity contribution in [2.24, 2.45) is 0 Å². The summed E-state index contributed by atoms with van der Waals surface area (Å²) in [5.41, 5.74) is 0. The van der Waals surface area contributed by atoms with Crippen molar-refractivity contribution in [3.63, 3.8) is 0 Å². The van der Waals surface area contributed by atoms with Crippen molar-refractivity contribution >= 4 is 11.9 Å². The molecule has 0 aliphatic rings. The van der Waals surface area contributed by atoms with Crippen molar-refractivity contribution in [2.75, 3.05) is 0 Å². The highest BCUT2D eigenvalue weighted by Gasteiger charge is 2.09. The number of ether oxygens (including phenoxy) is 1. The van der Waals surface area contributed by atoms with E-state index in [-0.39, 0.29) is 18.9 Å². The Morgan fingerprint density at radius 1 is 1.42 bits per heavy atom. The third-order valence-corrected chi connectivity index (χ3v) is 1.45. The van der Waals surface area contributed by atoms with E-state index in [0.29, 0.717) is 0 Å². The number of hydrogen-bond donors (Lipinski definition) is 1. The molecule has 0 bridgehead atoms. The van der Waals surface area contributed by atoms with Crippen LogP contribution in [0.2, 0.25) is 0 Å². The van der Waals surface area contributed by atoms with Gasteiger partial charge >= 0.3 is 11.9 Å². The predicted molar refractivity (Wildman–Crippen MR) is 42.7 cm³/mol. The first-order chi connectivity index (χ1) is 5.56. The number of carboxylic acids is 1. The van der Waals surface area contributed by atoms with E-state index in [0.717, 1.165) is 6.42 Å². The minimum atomic E-state index is -0.976. The highest BCUT2D eigenvalue weighted by Crippen LogP contribution is 2.00. The normalized spacial score (nSPS) is 12.2. The van der Waals surface area contributed by atoms with Crippen molar-refractivity contribution in [3.8, 4) is 0 Å². The molecule has 1 unspecified atom stereocenters. The fraction of sp³-hybridized carbons (Fsp3) is 0.750. The second-order valence-corrected chi connectivity index (χ2v) is 2.60. The summed E-state index contributed by atoms with van der Waals surface area (Å²) in [6.45, 7) is 3.67. The van der Waals surface area contributed by atoms with Gasteiger partial charge in [0.1, 0.15) is 0 Å². The van der Waals surface area contributed by atoms with Crippen molar-refractivity contribution in [1.29, 1.82) is 0 Å². The molecule has 4 nitrogen and oxygen atoms in total. The fourth-order valence-electron chi connectivity index (χ4n) is 0.576. The third-order valence-electron chi connectivity index (χ3n) is 1.45. The van der Waals surface area contributed by atoms with Gasteiger partial charge in [-0.1, -0.05) is 6.92 Å². The molecule has 0 aromatic heterocycles. The van der Waals surface area contributed by atoms with Gasteiger partial charge in [-0.25, -0.2) is 0 Å². The molecule has 0 aromatic carbocycles. The van der Waals surface area contributed by atoms with Gasteiger partial charge in [-0.15, -0.1) is 0 Å². The van der Waals surface area contributed by atoms with E-state index < -0.39 is 11.9 Å². The van der Waals surface area contributed by atoms with E-state index in [9.17, 15) is 9.59 Å². The quantitative estimate of drug-likeness (QED) is 0.636. The second-order valence-electron chi connectivity index (χ2n) is 2.60. The molecule has 0 saturated heterocycles. The standard InChI is InChI=1S/C8H14O4/c1-3-6(2)12-8(11)5-4-7(9)10/h6H,3-5H2,1-2H3,(H,9,10). The zero-order valence-electron chi connectivity index (χ0n) is 7.37. The topological polar surface area (TPSA) is 63.6 Å². The summed E-state index contributed by atoms with van der Waals surface area (Å²) in [6.07, 6.45) is 0.430. The third kappa shape index (κ3) is 5.70. The Hall–Kier alpha value is -1.06. The molecule has 1 N–H and O–H groups in total. The Bertz CT molecular complexity index is 164.